The van der Waals surface area contributed by atoms with E-state index >= 15 is 0 Å². The summed E-state index contributed by atoms with van der Waals surface area (Å²) in [5, 5.41) is 16.2. The number of ether oxygens (including phenoxy) is 2. The largest absolute Gasteiger partial charge is 0.392 e. The van der Waals surface area contributed by atoms with Crippen LogP contribution in [0.3, 0.4) is 0 Å². The SMILES string of the molecule is O=C(NCc1ccc([C@H]2O[C@@H](CN3CCC(n4c(=O)[nH]c5ccccc54)CC3)C[C@@H](c3ccc(CO)cc3)O2)cc1)NC12CC3CC(CC(C3)C1)C2. The average Bonchev–Trinajstić information content (AvgIpc) is 3.49. The van der Waals surface area contributed by atoms with Crippen molar-refractivity contribution in [2.45, 2.75) is 101 Å². The van der Waals surface area contributed by atoms with Crippen LogP contribution < -0.4 is 16.3 Å². The summed E-state index contributed by atoms with van der Waals surface area (Å²) >= 11 is 0. The molecule has 10 nitrogen and oxygen atoms in total. The molecule has 3 aromatic carbocycles. The van der Waals surface area contributed by atoms with Crippen molar-refractivity contribution < 1.29 is 19.4 Å². The van der Waals surface area contributed by atoms with Gasteiger partial charge in [-0.25, -0.2) is 9.59 Å². The molecule has 10 heteroatoms. The fraction of sp³-hybridized carbons (Fsp3) is 0.524. The van der Waals surface area contributed by atoms with Crippen LogP contribution in [0.2, 0.25) is 0 Å². The Labute approximate surface area is 304 Å². The second-order valence-corrected chi connectivity index (χ2v) is 16.4. The number of nitrogens with zero attached hydrogens (tertiary/aromatic N) is 2. The highest BCUT2D eigenvalue weighted by atomic mass is 16.7. The Morgan fingerprint density at radius 3 is 2.17 bits per heavy atom. The molecule has 6 fully saturated rings. The second-order valence-electron chi connectivity index (χ2n) is 16.4. The highest BCUT2D eigenvalue weighted by molar-refractivity contribution is 5.75. The van der Waals surface area contributed by atoms with Crippen molar-refractivity contribution in [1.29, 1.82) is 0 Å². The molecule has 3 heterocycles. The van der Waals surface area contributed by atoms with Gasteiger partial charge in [0.1, 0.15) is 0 Å². The van der Waals surface area contributed by atoms with Crippen LogP contribution in [0.5, 0.6) is 0 Å². The Morgan fingerprint density at radius 2 is 1.48 bits per heavy atom. The van der Waals surface area contributed by atoms with Crippen LogP contribution in [0, 0.1) is 17.8 Å². The number of urea groups is 1. The summed E-state index contributed by atoms with van der Waals surface area (Å²) in [4.78, 5) is 31.4. The Kier molecular flexibility index (Phi) is 9.19. The first kappa shape index (κ1) is 33.8. The molecule has 52 heavy (non-hydrogen) atoms. The summed E-state index contributed by atoms with van der Waals surface area (Å²) in [6.45, 7) is 3.02. The van der Waals surface area contributed by atoms with E-state index in [9.17, 15) is 14.7 Å². The molecule has 2 amide bonds. The number of imidazole rings is 1. The molecule has 2 saturated heterocycles. The summed E-state index contributed by atoms with van der Waals surface area (Å²) < 4.78 is 15.2. The molecule has 0 radical (unpaired) electrons. The number of hydrogen-bond donors (Lipinski definition) is 4. The molecule has 2 aliphatic heterocycles. The highest BCUT2D eigenvalue weighted by Crippen LogP contribution is 2.55. The number of aliphatic hydroxyl groups excluding tert-OH is 1. The zero-order valence-corrected chi connectivity index (χ0v) is 29.8. The number of carbonyl (C=O) groups excluding carboxylic acids is 1. The van der Waals surface area contributed by atoms with Crippen LogP contribution in [0.15, 0.2) is 77.6 Å². The average molecular weight is 706 g/mol. The zero-order chi connectivity index (χ0) is 35.2. The van der Waals surface area contributed by atoms with Crippen molar-refractivity contribution in [3.05, 3.63) is 106 Å². The zero-order valence-electron chi connectivity index (χ0n) is 29.8. The molecule has 4 aromatic rings. The minimum atomic E-state index is -0.537. The highest BCUT2D eigenvalue weighted by Gasteiger charge is 2.51. The molecule has 4 N–H and O–H groups in total. The Hall–Kier alpha value is -3.96. The molecular formula is C42H51N5O5. The quantitative estimate of drug-likeness (QED) is 0.159. The van der Waals surface area contributed by atoms with E-state index in [4.69, 9.17) is 9.47 Å². The molecule has 1 aromatic heterocycles. The van der Waals surface area contributed by atoms with Crippen molar-refractivity contribution in [1.82, 2.24) is 25.1 Å². The number of aromatic nitrogens is 2. The predicted molar refractivity (Wildman–Crippen MR) is 198 cm³/mol. The monoisotopic (exact) mass is 705 g/mol. The van der Waals surface area contributed by atoms with Crippen molar-refractivity contribution in [2.24, 2.45) is 17.8 Å². The molecule has 274 valence electrons. The number of aromatic amines is 1. The van der Waals surface area contributed by atoms with Crippen LogP contribution in [-0.4, -0.2) is 56.9 Å². The van der Waals surface area contributed by atoms with E-state index in [0.717, 1.165) is 109 Å². The lowest BCUT2D eigenvalue weighted by atomic mass is 9.53. The summed E-state index contributed by atoms with van der Waals surface area (Å²) in [5.74, 6) is 2.37. The first-order valence-electron chi connectivity index (χ1n) is 19.5. The number of rotatable bonds is 9. The lowest BCUT2D eigenvalue weighted by Gasteiger charge is -2.56. The van der Waals surface area contributed by atoms with Gasteiger partial charge >= 0.3 is 11.7 Å². The van der Waals surface area contributed by atoms with Gasteiger partial charge in [0.25, 0.3) is 0 Å². The predicted octanol–water partition coefficient (Wildman–Crippen LogP) is 6.47. The fourth-order valence-corrected chi connectivity index (χ4v) is 10.6. The van der Waals surface area contributed by atoms with E-state index < -0.39 is 6.29 Å². The number of amides is 2. The van der Waals surface area contributed by atoms with Crippen LogP contribution in [0.25, 0.3) is 11.0 Å². The molecule has 4 saturated carbocycles. The molecule has 6 aliphatic rings. The van der Waals surface area contributed by atoms with Crippen molar-refractivity contribution >= 4 is 17.1 Å². The molecule has 3 atom stereocenters. The number of fused-ring (bicyclic) bond motifs is 1. The van der Waals surface area contributed by atoms with E-state index in [-0.39, 0.29) is 42.1 Å². The van der Waals surface area contributed by atoms with Gasteiger partial charge in [-0.3, -0.25) is 4.57 Å². The van der Waals surface area contributed by atoms with Gasteiger partial charge in [-0.2, -0.15) is 0 Å². The minimum absolute atomic E-state index is 0.00358. The Morgan fingerprint density at radius 1 is 0.827 bits per heavy atom. The van der Waals surface area contributed by atoms with E-state index in [0.29, 0.717) is 6.54 Å². The number of hydrogen-bond acceptors (Lipinski definition) is 6. The molecular weight excluding hydrogens is 654 g/mol. The van der Waals surface area contributed by atoms with Gasteiger partial charge < -0.3 is 35.1 Å². The number of likely N-dealkylation sites (tertiary alicyclic amines) is 1. The number of nitrogens with one attached hydrogen (secondary N) is 3. The maximum absolute atomic E-state index is 13.1. The molecule has 10 rings (SSSR count). The first-order chi connectivity index (χ1) is 25.4. The molecule has 0 spiro atoms. The first-order valence-corrected chi connectivity index (χ1v) is 19.5. The Balaban J connectivity index is 0.840. The van der Waals surface area contributed by atoms with E-state index in [1.54, 1.807) is 0 Å². The minimum Gasteiger partial charge on any atom is -0.392 e. The van der Waals surface area contributed by atoms with Crippen LogP contribution in [-0.2, 0) is 22.6 Å². The smallest absolute Gasteiger partial charge is 0.326 e. The maximum Gasteiger partial charge on any atom is 0.326 e. The normalized spacial score (nSPS) is 30.5. The summed E-state index contributed by atoms with van der Waals surface area (Å²) in [6, 6.07) is 24.2. The molecule has 0 unspecified atom stereocenters. The number of carbonyl (C=O) groups is 1. The lowest BCUT2D eigenvalue weighted by molar-refractivity contribution is -0.253. The van der Waals surface area contributed by atoms with Gasteiger partial charge in [0.15, 0.2) is 6.29 Å². The van der Waals surface area contributed by atoms with Gasteiger partial charge in [-0.05, 0) is 97.9 Å². The van der Waals surface area contributed by atoms with Crippen LogP contribution in [0.4, 0.5) is 4.79 Å². The number of H-pyrrole nitrogens is 1. The topological polar surface area (TPSA) is 121 Å². The van der Waals surface area contributed by atoms with Crippen LogP contribution in [0.1, 0.15) is 98.5 Å². The van der Waals surface area contributed by atoms with Gasteiger partial charge in [0.2, 0.25) is 0 Å². The number of benzene rings is 3. The fourth-order valence-electron chi connectivity index (χ4n) is 10.6. The van der Waals surface area contributed by atoms with E-state index in [1.807, 2.05) is 53.1 Å². The second kappa shape index (κ2) is 14.1. The van der Waals surface area contributed by atoms with Crippen LogP contribution >= 0.6 is 0 Å². The molecule has 4 aliphatic carbocycles. The third kappa shape index (κ3) is 6.94. The van der Waals surface area contributed by atoms with Crippen molar-refractivity contribution in [2.75, 3.05) is 19.6 Å². The van der Waals surface area contributed by atoms with E-state index in [2.05, 4.69) is 44.8 Å². The third-order valence-corrected chi connectivity index (χ3v) is 12.7. The van der Waals surface area contributed by atoms with Crippen molar-refractivity contribution in [3.8, 4) is 0 Å². The summed E-state index contributed by atoms with van der Waals surface area (Å²) in [7, 11) is 0. The number of piperidine rings is 1. The molecule has 4 bridgehead atoms. The van der Waals surface area contributed by atoms with Crippen molar-refractivity contribution in [3.63, 3.8) is 0 Å². The van der Waals surface area contributed by atoms with Gasteiger partial charge in [0, 0.05) is 49.7 Å². The number of para-hydroxylation sites is 2. The standard InChI is InChI=1S/C42H51N5O5/c48-26-28-7-9-32(10-8-28)38-20-35(25-46-15-13-34(14-16-46)47-37-4-2-1-3-36(37)44-41(47)50)51-39(52-38)33-11-5-27(6-12-33)24-43-40(49)45-42-21-29-17-30(22-42)19-31(18-29)23-42/h1-12,29-31,34-35,38-39,48H,13-26H2,(H,44,50)(H2,43,45,49)/t29?,30?,31?,35-,38+,39+,42?/m1/s1. The van der Waals surface area contributed by atoms with Gasteiger partial charge in [-0.15, -0.1) is 0 Å². The third-order valence-electron chi connectivity index (χ3n) is 12.7. The maximum atomic E-state index is 13.1. The van der Waals surface area contributed by atoms with Gasteiger partial charge in [0.05, 0.1) is 29.8 Å². The van der Waals surface area contributed by atoms with Gasteiger partial charge in [-0.1, -0.05) is 60.7 Å². The lowest BCUT2D eigenvalue weighted by Crippen LogP contribution is -2.61. The summed E-state index contributed by atoms with van der Waals surface area (Å²) in [5.41, 5.74) is 5.74. The number of aliphatic hydroxyl groups is 1. The van der Waals surface area contributed by atoms with E-state index in [1.165, 1.54) is 19.3 Å². The summed E-state index contributed by atoms with van der Waals surface area (Å²) in [6.07, 6.45) is 9.26. The Bertz CT molecular complexity index is 1890.